The van der Waals surface area contributed by atoms with Gasteiger partial charge in [-0.1, -0.05) is 184 Å². The van der Waals surface area contributed by atoms with E-state index in [4.69, 9.17) is 4.42 Å². The quantitative estimate of drug-likeness (QED) is 0.169. The van der Waals surface area contributed by atoms with E-state index in [1.807, 2.05) is 6.07 Å². The van der Waals surface area contributed by atoms with Crippen molar-refractivity contribution in [1.82, 2.24) is 0 Å². The molecule has 0 atom stereocenters. The van der Waals surface area contributed by atoms with Gasteiger partial charge in [0.2, 0.25) is 0 Å². The number of furan rings is 1. The minimum absolute atomic E-state index is 0.215. The Morgan fingerprint density at radius 1 is 0.386 bits per heavy atom. The first kappa shape index (κ1) is 33.2. The van der Waals surface area contributed by atoms with Gasteiger partial charge in [-0.2, -0.15) is 0 Å². The maximum absolute atomic E-state index is 6.50. The topological polar surface area (TPSA) is 16.4 Å². The van der Waals surface area contributed by atoms with Crippen LogP contribution in [0.1, 0.15) is 25.0 Å². The first-order valence-corrected chi connectivity index (χ1v) is 19.8. The van der Waals surface area contributed by atoms with Crippen molar-refractivity contribution in [2.45, 2.75) is 19.3 Å². The Balaban J connectivity index is 1.20. The van der Waals surface area contributed by atoms with Crippen LogP contribution in [-0.2, 0) is 5.41 Å². The highest BCUT2D eigenvalue weighted by Gasteiger charge is 2.41. The molecule has 11 rings (SSSR count). The second-order valence-electron chi connectivity index (χ2n) is 15.6. The minimum atomic E-state index is -0.215. The molecule has 0 aliphatic heterocycles. The van der Waals surface area contributed by atoms with Crippen LogP contribution in [-0.4, -0.2) is 0 Å². The molecule has 0 spiro atoms. The van der Waals surface area contributed by atoms with Gasteiger partial charge in [-0.25, -0.2) is 0 Å². The molecule has 2 nitrogen and oxygen atoms in total. The molecule has 1 heterocycles. The van der Waals surface area contributed by atoms with Crippen molar-refractivity contribution in [3.05, 3.63) is 211 Å². The van der Waals surface area contributed by atoms with Gasteiger partial charge in [0.05, 0.1) is 5.69 Å². The van der Waals surface area contributed by atoms with Crippen LogP contribution in [0.4, 0.5) is 17.1 Å². The molecular formula is C55H39NO. The third kappa shape index (κ3) is 5.18. The van der Waals surface area contributed by atoms with Crippen LogP contribution in [0.5, 0.6) is 0 Å². The Kier molecular flexibility index (Phi) is 7.55. The normalized spacial score (nSPS) is 12.9. The highest BCUT2D eigenvalue weighted by molar-refractivity contribution is 6.16. The average molecular weight is 730 g/mol. The Labute approximate surface area is 332 Å². The predicted molar refractivity (Wildman–Crippen MR) is 240 cm³/mol. The van der Waals surface area contributed by atoms with Gasteiger partial charge in [-0.05, 0) is 80.0 Å². The molecule has 57 heavy (non-hydrogen) atoms. The molecule has 0 N–H and O–H groups in total. The summed E-state index contributed by atoms with van der Waals surface area (Å²) in [5, 5.41) is 4.81. The summed E-state index contributed by atoms with van der Waals surface area (Å²) in [7, 11) is 0. The van der Waals surface area contributed by atoms with Crippen molar-refractivity contribution in [3.63, 3.8) is 0 Å². The monoisotopic (exact) mass is 729 g/mol. The van der Waals surface area contributed by atoms with Crippen molar-refractivity contribution >= 4 is 49.8 Å². The summed E-state index contributed by atoms with van der Waals surface area (Å²) in [6.07, 6.45) is 0. The molecule has 0 saturated carbocycles. The first-order valence-electron chi connectivity index (χ1n) is 19.8. The van der Waals surface area contributed by atoms with Crippen molar-refractivity contribution in [3.8, 4) is 44.5 Å². The van der Waals surface area contributed by atoms with E-state index in [0.29, 0.717) is 0 Å². The summed E-state index contributed by atoms with van der Waals surface area (Å²) in [6, 6.07) is 72.6. The fourth-order valence-corrected chi connectivity index (χ4v) is 9.44. The summed E-state index contributed by atoms with van der Waals surface area (Å²) in [4.78, 5) is 2.51. The Morgan fingerprint density at radius 3 is 1.63 bits per heavy atom. The van der Waals surface area contributed by atoms with Gasteiger partial charge in [0, 0.05) is 44.3 Å². The van der Waals surface area contributed by atoms with Gasteiger partial charge in [-0.3, -0.25) is 0 Å². The van der Waals surface area contributed by atoms with Crippen LogP contribution in [0.25, 0.3) is 77.2 Å². The van der Waals surface area contributed by atoms with Crippen LogP contribution >= 0.6 is 0 Å². The molecule has 1 aliphatic carbocycles. The standard InChI is InChI=1S/C55H39NO/c1-55(2)48-26-13-11-23-47(48)51-52(55)45-22-10-9-21-44(45)50(39-18-7-4-8-19-39)53(51)56(40-32-28-37(29-33-40)36-16-5-3-6-17-36)41-34-30-38(31-35-41)42-24-15-25-46-43-20-12-14-27-49(43)57-54(42)46/h3-35H,1-2H3. The fourth-order valence-electron chi connectivity index (χ4n) is 9.44. The van der Waals surface area contributed by atoms with E-state index in [-0.39, 0.29) is 5.41 Å². The largest absolute Gasteiger partial charge is 0.455 e. The molecular weight excluding hydrogens is 691 g/mol. The van der Waals surface area contributed by atoms with Crippen LogP contribution < -0.4 is 4.90 Å². The smallest absolute Gasteiger partial charge is 0.143 e. The van der Waals surface area contributed by atoms with Crippen LogP contribution in [0.2, 0.25) is 0 Å². The van der Waals surface area contributed by atoms with Crippen molar-refractivity contribution in [2.75, 3.05) is 4.90 Å². The van der Waals surface area contributed by atoms with E-state index >= 15 is 0 Å². The van der Waals surface area contributed by atoms with Crippen molar-refractivity contribution in [1.29, 1.82) is 0 Å². The van der Waals surface area contributed by atoms with Gasteiger partial charge in [-0.15, -0.1) is 0 Å². The third-order valence-electron chi connectivity index (χ3n) is 12.0. The molecule has 10 aromatic rings. The molecule has 0 radical (unpaired) electrons. The molecule has 1 aliphatic rings. The molecule has 2 heteroatoms. The fraction of sp³-hybridized carbons (Fsp3) is 0.0545. The molecule has 0 amide bonds. The number of hydrogen-bond donors (Lipinski definition) is 0. The van der Waals surface area contributed by atoms with E-state index in [0.717, 1.165) is 44.4 Å². The number of rotatable bonds is 6. The average Bonchev–Trinajstić information content (AvgIpc) is 3.77. The highest BCUT2D eigenvalue weighted by Crippen LogP contribution is 2.60. The number of anilines is 3. The van der Waals surface area contributed by atoms with Gasteiger partial charge in [0.25, 0.3) is 0 Å². The summed E-state index contributed by atoms with van der Waals surface area (Å²) in [5.41, 5.74) is 17.3. The van der Waals surface area contributed by atoms with E-state index in [1.165, 1.54) is 61.0 Å². The minimum Gasteiger partial charge on any atom is -0.455 e. The lowest BCUT2D eigenvalue weighted by Crippen LogP contribution is -2.17. The molecule has 0 bridgehead atoms. The summed E-state index contributed by atoms with van der Waals surface area (Å²) in [6.45, 7) is 4.78. The summed E-state index contributed by atoms with van der Waals surface area (Å²) in [5.74, 6) is 0. The van der Waals surface area contributed by atoms with Gasteiger partial charge in [0.15, 0.2) is 0 Å². The van der Waals surface area contributed by atoms with E-state index in [1.54, 1.807) is 0 Å². The second-order valence-corrected chi connectivity index (χ2v) is 15.6. The maximum atomic E-state index is 6.50. The van der Waals surface area contributed by atoms with Crippen LogP contribution in [0.15, 0.2) is 205 Å². The molecule has 9 aromatic carbocycles. The molecule has 0 unspecified atom stereocenters. The molecule has 1 aromatic heterocycles. The molecule has 0 saturated heterocycles. The predicted octanol–water partition coefficient (Wildman–Crippen LogP) is 15.5. The van der Waals surface area contributed by atoms with E-state index in [2.05, 4.69) is 213 Å². The lowest BCUT2D eigenvalue weighted by atomic mass is 9.78. The lowest BCUT2D eigenvalue weighted by Gasteiger charge is -2.33. The lowest BCUT2D eigenvalue weighted by molar-refractivity contribution is 0.666. The SMILES string of the molecule is CC1(C)c2ccccc2-c2c(N(c3ccc(-c4ccccc4)cc3)c3ccc(-c4cccc5c4oc4ccccc45)cc3)c(-c3ccccc3)c3ccccc3c21. The Bertz CT molecular complexity index is 3120. The highest BCUT2D eigenvalue weighted by atomic mass is 16.3. The van der Waals surface area contributed by atoms with E-state index < -0.39 is 0 Å². The number of benzene rings is 9. The summed E-state index contributed by atoms with van der Waals surface area (Å²) < 4.78 is 6.50. The Hall–Kier alpha value is -7.16. The van der Waals surface area contributed by atoms with Crippen molar-refractivity contribution in [2.24, 2.45) is 0 Å². The van der Waals surface area contributed by atoms with Gasteiger partial charge >= 0.3 is 0 Å². The molecule has 270 valence electrons. The maximum Gasteiger partial charge on any atom is 0.143 e. The zero-order valence-electron chi connectivity index (χ0n) is 31.9. The van der Waals surface area contributed by atoms with Gasteiger partial charge < -0.3 is 9.32 Å². The van der Waals surface area contributed by atoms with Crippen LogP contribution in [0, 0.1) is 0 Å². The number of hydrogen-bond acceptors (Lipinski definition) is 2. The molecule has 0 fully saturated rings. The summed E-state index contributed by atoms with van der Waals surface area (Å²) >= 11 is 0. The zero-order valence-corrected chi connectivity index (χ0v) is 31.9. The Morgan fingerprint density at radius 2 is 0.912 bits per heavy atom. The van der Waals surface area contributed by atoms with Gasteiger partial charge in [0.1, 0.15) is 11.2 Å². The van der Waals surface area contributed by atoms with Crippen molar-refractivity contribution < 1.29 is 4.42 Å². The van der Waals surface area contributed by atoms with E-state index in [9.17, 15) is 0 Å². The number of fused-ring (bicyclic) bond motifs is 8. The zero-order chi connectivity index (χ0) is 38.1. The number of para-hydroxylation sites is 2. The second kappa shape index (κ2) is 13.0. The number of nitrogens with zero attached hydrogens (tertiary/aromatic N) is 1. The third-order valence-corrected chi connectivity index (χ3v) is 12.0. The van der Waals surface area contributed by atoms with Crippen LogP contribution in [0.3, 0.4) is 0 Å². The first-order chi connectivity index (χ1) is 28.1.